The van der Waals surface area contributed by atoms with Gasteiger partial charge in [-0.1, -0.05) is 0 Å². The molecule has 0 atom stereocenters. The topological polar surface area (TPSA) is 105 Å². The van der Waals surface area contributed by atoms with Crippen LogP contribution in [0.2, 0.25) is 0 Å². The Morgan fingerprint density at radius 2 is 2.00 bits per heavy atom. The van der Waals surface area contributed by atoms with Crippen molar-refractivity contribution in [3.63, 3.8) is 0 Å². The minimum atomic E-state index is -3.75. The summed E-state index contributed by atoms with van der Waals surface area (Å²) in [6.07, 6.45) is 1.43. The van der Waals surface area contributed by atoms with Gasteiger partial charge in [-0.05, 0) is 37.3 Å². The van der Waals surface area contributed by atoms with Gasteiger partial charge in [-0.3, -0.25) is 9.71 Å². The molecular weight excluding hydrogens is 266 g/mol. The Bertz CT molecular complexity index is 697. The summed E-state index contributed by atoms with van der Waals surface area (Å²) in [5.74, 6) is -0.157. The Balaban J connectivity index is 2.32. The highest BCUT2D eigenvalue weighted by Gasteiger charge is 2.15. The van der Waals surface area contributed by atoms with Crippen molar-refractivity contribution in [2.24, 2.45) is 0 Å². The number of aromatic nitrogens is 1. The number of aromatic hydroxyl groups is 1. The monoisotopic (exact) mass is 279 g/mol. The van der Waals surface area contributed by atoms with Crippen LogP contribution in [0.5, 0.6) is 5.75 Å². The van der Waals surface area contributed by atoms with Crippen molar-refractivity contribution in [1.82, 2.24) is 4.98 Å². The van der Waals surface area contributed by atoms with Gasteiger partial charge in [0.05, 0.1) is 22.5 Å². The number of benzene rings is 1. The van der Waals surface area contributed by atoms with E-state index in [-0.39, 0.29) is 16.3 Å². The number of hydrogen-bond donors (Lipinski definition) is 3. The number of nitrogens with two attached hydrogens (primary N) is 1. The van der Waals surface area contributed by atoms with E-state index in [4.69, 9.17) is 5.73 Å². The summed E-state index contributed by atoms with van der Waals surface area (Å²) < 4.78 is 26.5. The highest BCUT2D eigenvalue weighted by molar-refractivity contribution is 7.92. The van der Waals surface area contributed by atoms with Gasteiger partial charge in [0.15, 0.2) is 0 Å². The fourth-order valence-corrected chi connectivity index (χ4v) is 2.52. The van der Waals surface area contributed by atoms with Crippen LogP contribution < -0.4 is 10.5 Å². The van der Waals surface area contributed by atoms with Gasteiger partial charge >= 0.3 is 0 Å². The van der Waals surface area contributed by atoms with Gasteiger partial charge < -0.3 is 10.8 Å². The lowest BCUT2D eigenvalue weighted by atomic mass is 10.3. The lowest BCUT2D eigenvalue weighted by molar-refractivity contribution is 0.477. The summed E-state index contributed by atoms with van der Waals surface area (Å²) >= 11 is 0. The maximum absolute atomic E-state index is 12.1. The smallest absolute Gasteiger partial charge is 0.262 e. The number of anilines is 2. The molecule has 0 spiro atoms. The molecule has 0 saturated heterocycles. The molecule has 0 aliphatic carbocycles. The number of phenolic OH excluding ortho intramolecular Hbond substituents is 1. The van der Waals surface area contributed by atoms with Crippen LogP contribution in [-0.2, 0) is 10.0 Å². The molecule has 1 aromatic heterocycles. The number of nitrogen functional groups attached to an aromatic ring is 1. The Hall–Kier alpha value is -2.28. The normalized spacial score (nSPS) is 11.2. The van der Waals surface area contributed by atoms with E-state index in [1.165, 1.54) is 24.4 Å². The number of phenols is 1. The number of hydrogen-bond acceptors (Lipinski definition) is 5. The Labute approximate surface area is 111 Å². The predicted molar refractivity (Wildman–Crippen MR) is 72.3 cm³/mol. The molecule has 0 fully saturated rings. The summed E-state index contributed by atoms with van der Waals surface area (Å²) in [6.45, 7) is 1.80. The van der Waals surface area contributed by atoms with Crippen molar-refractivity contribution >= 4 is 21.4 Å². The quantitative estimate of drug-likeness (QED) is 0.583. The third-order valence-electron chi connectivity index (χ3n) is 2.47. The molecule has 19 heavy (non-hydrogen) atoms. The molecule has 6 nitrogen and oxygen atoms in total. The van der Waals surface area contributed by atoms with Crippen molar-refractivity contribution in [1.29, 1.82) is 0 Å². The van der Waals surface area contributed by atoms with E-state index in [9.17, 15) is 13.5 Å². The Morgan fingerprint density at radius 1 is 1.26 bits per heavy atom. The van der Waals surface area contributed by atoms with Gasteiger partial charge in [0.1, 0.15) is 5.75 Å². The van der Waals surface area contributed by atoms with Gasteiger partial charge in [0.25, 0.3) is 10.0 Å². The SMILES string of the molecule is Cc1ccc(NS(=O)(=O)c2ccc(O)c(N)c2)cn1. The van der Waals surface area contributed by atoms with Crippen LogP contribution in [0, 0.1) is 6.92 Å². The maximum atomic E-state index is 12.1. The summed E-state index contributed by atoms with van der Waals surface area (Å²) in [4.78, 5) is 3.97. The zero-order valence-corrected chi connectivity index (χ0v) is 11.0. The van der Waals surface area contributed by atoms with Crippen LogP contribution in [0.1, 0.15) is 5.69 Å². The highest BCUT2D eigenvalue weighted by Crippen LogP contribution is 2.24. The van der Waals surface area contributed by atoms with E-state index >= 15 is 0 Å². The van der Waals surface area contributed by atoms with Crippen LogP contribution in [0.25, 0.3) is 0 Å². The number of aryl methyl sites for hydroxylation is 1. The van der Waals surface area contributed by atoms with E-state index in [0.717, 1.165) is 5.69 Å². The molecule has 7 heteroatoms. The van der Waals surface area contributed by atoms with Crippen molar-refractivity contribution in [3.05, 3.63) is 42.2 Å². The van der Waals surface area contributed by atoms with Crippen molar-refractivity contribution in [3.8, 4) is 5.75 Å². The van der Waals surface area contributed by atoms with Crippen molar-refractivity contribution < 1.29 is 13.5 Å². The van der Waals surface area contributed by atoms with Crippen LogP contribution in [0.15, 0.2) is 41.4 Å². The number of rotatable bonds is 3. The van der Waals surface area contributed by atoms with Crippen LogP contribution >= 0.6 is 0 Å². The fourth-order valence-electron chi connectivity index (χ4n) is 1.44. The first-order valence-corrected chi connectivity index (χ1v) is 6.91. The zero-order chi connectivity index (χ0) is 14.0. The first-order chi connectivity index (χ1) is 8.88. The fraction of sp³-hybridized carbons (Fsp3) is 0.0833. The summed E-state index contributed by atoms with van der Waals surface area (Å²) in [6, 6.07) is 7.01. The Morgan fingerprint density at radius 3 is 2.58 bits per heavy atom. The third-order valence-corrected chi connectivity index (χ3v) is 3.85. The number of nitrogens with zero attached hydrogens (tertiary/aromatic N) is 1. The largest absolute Gasteiger partial charge is 0.506 e. The molecule has 100 valence electrons. The molecule has 0 amide bonds. The molecule has 0 aliphatic heterocycles. The highest BCUT2D eigenvalue weighted by atomic mass is 32.2. The molecule has 0 saturated carbocycles. The van der Waals surface area contributed by atoms with Gasteiger partial charge in [-0.25, -0.2) is 8.42 Å². The first-order valence-electron chi connectivity index (χ1n) is 5.42. The van der Waals surface area contributed by atoms with E-state index in [2.05, 4.69) is 9.71 Å². The zero-order valence-electron chi connectivity index (χ0n) is 10.2. The first kappa shape index (κ1) is 13.2. The minimum Gasteiger partial charge on any atom is -0.506 e. The summed E-state index contributed by atoms with van der Waals surface area (Å²) in [7, 11) is -3.75. The molecule has 2 rings (SSSR count). The molecule has 0 aliphatic rings. The molecule has 0 unspecified atom stereocenters. The lowest BCUT2D eigenvalue weighted by Crippen LogP contribution is -2.13. The van der Waals surface area contributed by atoms with Crippen LogP contribution in [0.4, 0.5) is 11.4 Å². The number of sulfonamides is 1. The van der Waals surface area contributed by atoms with Crippen molar-refractivity contribution in [2.75, 3.05) is 10.5 Å². The molecule has 0 radical (unpaired) electrons. The average Bonchev–Trinajstić information content (AvgIpc) is 2.35. The predicted octanol–water partition coefficient (Wildman–Crippen LogP) is 1.48. The average molecular weight is 279 g/mol. The van der Waals surface area contributed by atoms with Crippen LogP contribution in [0.3, 0.4) is 0 Å². The minimum absolute atomic E-state index is 0.00454. The molecule has 1 aromatic carbocycles. The Kier molecular flexibility index (Phi) is 3.30. The van der Waals surface area contributed by atoms with E-state index in [1.807, 2.05) is 0 Å². The standard InChI is InChI=1S/C12H13N3O3S/c1-8-2-3-9(7-14-8)15-19(17,18)10-4-5-12(16)11(13)6-10/h2-7,15-16H,13H2,1H3. The second kappa shape index (κ2) is 4.77. The second-order valence-electron chi connectivity index (χ2n) is 4.01. The molecule has 1 heterocycles. The summed E-state index contributed by atoms with van der Waals surface area (Å²) in [5, 5.41) is 9.28. The molecule has 2 aromatic rings. The third kappa shape index (κ3) is 2.94. The van der Waals surface area contributed by atoms with Gasteiger partial charge in [-0.2, -0.15) is 0 Å². The van der Waals surface area contributed by atoms with Gasteiger partial charge in [0.2, 0.25) is 0 Å². The number of pyridine rings is 1. The summed E-state index contributed by atoms with van der Waals surface area (Å²) in [5.41, 5.74) is 6.63. The lowest BCUT2D eigenvalue weighted by Gasteiger charge is -2.09. The van der Waals surface area contributed by atoms with Crippen LogP contribution in [-0.4, -0.2) is 18.5 Å². The molecular formula is C12H13N3O3S. The maximum Gasteiger partial charge on any atom is 0.262 e. The number of nitrogens with one attached hydrogen (secondary N) is 1. The van der Waals surface area contributed by atoms with E-state index < -0.39 is 10.0 Å². The second-order valence-corrected chi connectivity index (χ2v) is 5.70. The molecule has 0 bridgehead atoms. The van der Waals surface area contributed by atoms with E-state index in [0.29, 0.717) is 5.69 Å². The molecule has 4 N–H and O–H groups in total. The van der Waals surface area contributed by atoms with E-state index in [1.54, 1.807) is 19.1 Å². The van der Waals surface area contributed by atoms with Crippen molar-refractivity contribution in [2.45, 2.75) is 11.8 Å². The van der Waals surface area contributed by atoms with Gasteiger partial charge in [0, 0.05) is 5.69 Å². The van der Waals surface area contributed by atoms with Gasteiger partial charge in [-0.15, -0.1) is 0 Å².